The maximum atomic E-state index is 12.1. The number of amides is 1. The average molecular weight is 248 g/mol. The van der Waals surface area contributed by atoms with Crippen molar-refractivity contribution in [2.45, 2.75) is 25.3 Å². The summed E-state index contributed by atoms with van der Waals surface area (Å²) < 4.78 is 0. The van der Waals surface area contributed by atoms with Crippen LogP contribution in [0.4, 0.5) is 5.69 Å². The Morgan fingerprint density at radius 3 is 2.67 bits per heavy atom. The van der Waals surface area contributed by atoms with E-state index in [4.69, 9.17) is 10.8 Å². The second-order valence-electron chi connectivity index (χ2n) is 4.57. The molecule has 1 aromatic carbocycles. The maximum absolute atomic E-state index is 12.1. The van der Waals surface area contributed by atoms with Crippen molar-refractivity contribution in [3.05, 3.63) is 29.8 Å². The van der Waals surface area contributed by atoms with E-state index in [2.05, 4.69) is 0 Å². The fraction of sp³-hybridized carbons (Fsp3) is 0.385. The van der Waals surface area contributed by atoms with E-state index in [1.54, 1.807) is 18.2 Å². The molecular weight excluding hydrogens is 232 g/mol. The summed E-state index contributed by atoms with van der Waals surface area (Å²) in [4.78, 5) is 24.3. The van der Waals surface area contributed by atoms with Crippen molar-refractivity contribution in [1.82, 2.24) is 4.90 Å². The van der Waals surface area contributed by atoms with Gasteiger partial charge in [0.25, 0.3) is 0 Å². The minimum absolute atomic E-state index is 0.106. The molecule has 0 aliphatic heterocycles. The molecule has 1 aliphatic rings. The number of rotatable bonds is 5. The van der Waals surface area contributed by atoms with Crippen LogP contribution in [-0.2, 0) is 16.0 Å². The molecule has 1 aliphatic carbocycles. The third-order valence-electron chi connectivity index (χ3n) is 2.92. The van der Waals surface area contributed by atoms with E-state index >= 15 is 0 Å². The van der Waals surface area contributed by atoms with Crippen molar-refractivity contribution in [2.24, 2.45) is 0 Å². The molecule has 5 heteroatoms. The quantitative estimate of drug-likeness (QED) is 0.758. The van der Waals surface area contributed by atoms with Crippen LogP contribution in [0.2, 0.25) is 0 Å². The second-order valence-corrected chi connectivity index (χ2v) is 4.57. The van der Waals surface area contributed by atoms with Crippen molar-refractivity contribution in [3.8, 4) is 0 Å². The number of nitrogens with zero attached hydrogens (tertiary/aromatic N) is 1. The summed E-state index contributed by atoms with van der Waals surface area (Å²) in [6.45, 7) is -0.216. The molecule has 1 saturated carbocycles. The van der Waals surface area contributed by atoms with E-state index in [0.717, 1.165) is 18.4 Å². The normalized spacial score (nSPS) is 14.2. The molecular formula is C13H16N2O3. The van der Waals surface area contributed by atoms with Gasteiger partial charge in [0.15, 0.2) is 0 Å². The summed E-state index contributed by atoms with van der Waals surface area (Å²) >= 11 is 0. The predicted molar refractivity (Wildman–Crippen MR) is 66.9 cm³/mol. The third-order valence-corrected chi connectivity index (χ3v) is 2.92. The molecule has 0 bridgehead atoms. The Labute approximate surface area is 105 Å². The number of hydrogen-bond acceptors (Lipinski definition) is 3. The first-order valence-corrected chi connectivity index (χ1v) is 5.92. The Hall–Kier alpha value is -2.04. The number of carbonyl (C=O) groups is 2. The van der Waals surface area contributed by atoms with E-state index in [1.807, 2.05) is 6.07 Å². The first-order chi connectivity index (χ1) is 8.56. The summed E-state index contributed by atoms with van der Waals surface area (Å²) in [5.41, 5.74) is 7.07. The molecule has 0 radical (unpaired) electrons. The molecule has 0 unspecified atom stereocenters. The van der Waals surface area contributed by atoms with Gasteiger partial charge in [-0.2, -0.15) is 0 Å². The first kappa shape index (κ1) is 12.4. The number of carbonyl (C=O) groups excluding carboxylic acids is 1. The van der Waals surface area contributed by atoms with Crippen molar-refractivity contribution >= 4 is 17.6 Å². The average Bonchev–Trinajstić information content (AvgIpc) is 3.09. The topological polar surface area (TPSA) is 83.6 Å². The van der Waals surface area contributed by atoms with Gasteiger partial charge >= 0.3 is 5.97 Å². The number of aliphatic carboxylic acids is 1. The summed E-state index contributed by atoms with van der Waals surface area (Å²) in [6.07, 6.45) is 2.00. The Morgan fingerprint density at radius 2 is 2.11 bits per heavy atom. The minimum atomic E-state index is -0.970. The lowest BCUT2D eigenvalue weighted by Crippen LogP contribution is -2.38. The lowest BCUT2D eigenvalue weighted by atomic mass is 10.1. The Morgan fingerprint density at radius 1 is 1.39 bits per heavy atom. The molecule has 0 saturated heterocycles. The zero-order valence-corrected chi connectivity index (χ0v) is 10.0. The van der Waals surface area contributed by atoms with Gasteiger partial charge in [0.1, 0.15) is 6.54 Å². The highest BCUT2D eigenvalue weighted by molar-refractivity contribution is 5.83. The van der Waals surface area contributed by atoms with Gasteiger partial charge in [0, 0.05) is 11.7 Å². The van der Waals surface area contributed by atoms with Crippen molar-refractivity contribution < 1.29 is 14.7 Å². The van der Waals surface area contributed by atoms with Crippen LogP contribution in [0.3, 0.4) is 0 Å². The summed E-state index contributed by atoms with van der Waals surface area (Å²) in [5, 5.41) is 8.81. The van der Waals surface area contributed by atoms with Gasteiger partial charge in [0.05, 0.1) is 6.42 Å². The molecule has 1 aromatic rings. The van der Waals surface area contributed by atoms with Crippen LogP contribution in [0.1, 0.15) is 18.4 Å². The molecule has 0 atom stereocenters. The number of carboxylic acids is 1. The standard InChI is InChI=1S/C13H16N2O3/c14-10-3-1-2-9(6-10)7-12(16)15(8-13(17)18)11-4-5-11/h1-3,6,11H,4-5,7-8,14H2,(H,17,18). The lowest BCUT2D eigenvalue weighted by molar-refractivity contribution is -0.144. The zero-order valence-electron chi connectivity index (χ0n) is 10.0. The Balaban J connectivity index is 2.02. The van der Waals surface area contributed by atoms with Gasteiger partial charge in [-0.15, -0.1) is 0 Å². The number of anilines is 1. The third kappa shape index (κ3) is 3.23. The van der Waals surface area contributed by atoms with E-state index in [9.17, 15) is 9.59 Å². The van der Waals surface area contributed by atoms with Crippen LogP contribution in [0, 0.1) is 0 Å². The first-order valence-electron chi connectivity index (χ1n) is 5.92. The Bertz CT molecular complexity index is 469. The van der Waals surface area contributed by atoms with E-state index in [-0.39, 0.29) is 24.9 Å². The predicted octanol–water partition coefficient (Wildman–Crippen LogP) is 0.887. The van der Waals surface area contributed by atoms with Crippen LogP contribution in [0.25, 0.3) is 0 Å². The molecule has 0 heterocycles. The lowest BCUT2D eigenvalue weighted by Gasteiger charge is -2.20. The molecule has 0 aromatic heterocycles. The van der Waals surface area contributed by atoms with Crippen LogP contribution < -0.4 is 5.73 Å². The number of carboxylic acid groups (broad SMARTS) is 1. The monoisotopic (exact) mass is 248 g/mol. The molecule has 1 fully saturated rings. The van der Waals surface area contributed by atoms with Crippen molar-refractivity contribution in [1.29, 1.82) is 0 Å². The minimum Gasteiger partial charge on any atom is -0.480 e. The van der Waals surface area contributed by atoms with Gasteiger partial charge in [-0.3, -0.25) is 9.59 Å². The maximum Gasteiger partial charge on any atom is 0.323 e. The van der Waals surface area contributed by atoms with Gasteiger partial charge in [-0.25, -0.2) is 0 Å². The molecule has 5 nitrogen and oxygen atoms in total. The fourth-order valence-electron chi connectivity index (χ4n) is 1.93. The molecule has 0 spiro atoms. The highest BCUT2D eigenvalue weighted by Gasteiger charge is 2.33. The Kier molecular flexibility index (Phi) is 3.50. The molecule has 1 amide bonds. The summed E-state index contributed by atoms with van der Waals surface area (Å²) in [7, 11) is 0. The SMILES string of the molecule is Nc1cccc(CC(=O)N(CC(=O)O)C2CC2)c1. The van der Waals surface area contributed by atoms with E-state index < -0.39 is 5.97 Å². The highest BCUT2D eigenvalue weighted by atomic mass is 16.4. The van der Waals surface area contributed by atoms with Crippen LogP contribution in [0.5, 0.6) is 0 Å². The number of hydrogen-bond donors (Lipinski definition) is 2. The summed E-state index contributed by atoms with van der Waals surface area (Å²) in [6, 6.07) is 7.21. The number of nitrogen functional groups attached to an aromatic ring is 1. The van der Waals surface area contributed by atoms with Crippen molar-refractivity contribution in [2.75, 3.05) is 12.3 Å². The zero-order chi connectivity index (χ0) is 13.1. The summed E-state index contributed by atoms with van der Waals surface area (Å²) in [5.74, 6) is -1.12. The van der Waals surface area contributed by atoms with Gasteiger partial charge < -0.3 is 15.7 Å². The van der Waals surface area contributed by atoms with Gasteiger partial charge in [0.2, 0.25) is 5.91 Å². The molecule has 18 heavy (non-hydrogen) atoms. The molecule has 96 valence electrons. The van der Waals surface area contributed by atoms with Crippen LogP contribution >= 0.6 is 0 Å². The smallest absolute Gasteiger partial charge is 0.323 e. The second kappa shape index (κ2) is 5.08. The highest BCUT2D eigenvalue weighted by Crippen LogP contribution is 2.27. The van der Waals surface area contributed by atoms with Crippen LogP contribution in [-0.4, -0.2) is 34.5 Å². The van der Waals surface area contributed by atoms with E-state index in [1.165, 1.54) is 4.90 Å². The van der Waals surface area contributed by atoms with Crippen molar-refractivity contribution in [3.63, 3.8) is 0 Å². The number of benzene rings is 1. The van der Waals surface area contributed by atoms with Gasteiger partial charge in [-0.1, -0.05) is 12.1 Å². The van der Waals surface area contributed by atoms with Gasteiger partial charge in [-0.05, 0) is 30.5 Å². The van der Waals surface area contributed by atoms with E-state index in [0.29, 0.717) is 5.69 Å². The molecule has 2 rings (SSSR count). The largest absolute Gasteiger partial charge is 0.480 e. The fourth-order valence-corrected chi connectivity index (χ4v) is 1.93. The molecule has 3 N–H and O–H groups in total. The number of nitrogens with two attached hydrogens (primary N) is 1. The van der Waals surface area contributed by atoms with Crippen LogP contribution in [0.15, 0.2) is 24.3 Å².